The topological polar surface area (TPSA) is 80.8 Å². The third-order valence-electron chi connectivity index (χ3n) is 4.90. The maximum Gasteiger partial charge on any atom is 0.257 e. The van der Waals surface area contributed by atoms with Crippen molar-refractivity contribution < 1.29 is 19.1 Å². The van der Waals surface area contributed by atoms with Crippen molar-refractivity contribution in [2.45, 2.75) is 19.8 Å². The fraction of sp³-hybridized carbons (Fsp3) is 0.409. The second kappa shape index (κ2) is 10.5. The maximum atomic E-state index is 12.4. The van der Waals surface area contributed by atoms with Crippen LogP contribution in [0, 0.1) is 5.92 Å². The molecule has 2 amide bonds. The molecular formula is C22H27N3O4. The number of carbonyl (C=O) groups excluding carboxylic acids is 2. The summed E-state index contributed by atoms with van der Waals surface area (Å²) in [6.07, 6.45) is 4.99. The van der Waals surface area contributed by atoms with E-state index in [0.717, 1.165) is 18.6 Å². The van der Waals surface area contributed by atoms with Crippen molar-refractivity contribution in [2.75, 3.05) is 32.8 Å². The van der Waals surface area contributed by atoms with Crippen molar-refractivity contribution in [3.05, 3.63) is 54.4 Å². The lowest BCUT2D eigenvalue weighted by Gasteiger charge is -2.32. The van der Waals surface area contributed by atoms with Crippen molar-refractivity contribution in [3.8, 4) is 11.5 Å². The smallest absolute Gasteiger partial charge is 0.257 e. The summed E-state index contributed by atoms with van der Waals surface area (Å²) >= 11 is 0. The molecule has 154 valence electrons. The molecule has 1 N–H and O–H groups in total. The van der Waals surface area contributed by atoms with Crippen molar-refractivity contribution in [1.82, 2.24) is 15.2 Å². The van der Waals surface area contributed by atoms with Gasteiger partial charge in [-0.2, -0.15) is 0 Å². The highest BCUT2D eigenvalue weighted by molar-refractivity contribution is 5.93. The largest absolute Gasteiger partial charge is 0.494 e. The van der Waals surface area contributed by atoms with Gasteiger partial charge in [-0.25, -0.2) is 0 Å². The lowest BCUT2D eigenvalue weighted by Crippen LogP contribution is -2.42. The molecule has 1 aliphatic heterocycles. The van der Waals surface area contributed by atoms with Crippen molar-refractivity contribution >= 4 is 11.8 Å². The number of rotatable bonds is 8. The van der Waals surface area contributed by atoms with E-state index in [4.69, 9.17) is 9.47 Å². The predicted molar refractivity (Wildman–Crippen MR) is 109 cm³/mol. The van der Waals surface area contributed by atoms with Gasteiger partial charge in [-0.1, -0.05) is 0 Å². The Balaban J connectivity index is 1.34. The number of hydrogen-bond donors (Lipinski definition) is 1. The van der Waals surface area contributed by atoms with E-state index in [-0.39, 0.29) is 18.4 Å². The summed E-state index contributed by atoms with van der Waals surface area (Å²) in [5.74, 6) is 1.64. The lowest BCUT2D eigenvalue weighted by atomic mass is 9.96. The fourth-order valence-electron chi connectivity index (χ4n) is 3.27. The number of nitrogens with one attached hydrogen (secondary N) is 1. The van der Waals surface area contributed by atoms with E-state index in [2.05, 4.69) is 10.3 Å². The molecule has 0 atom stereocenters. The van der Waals surface area contributed by atoms with Gasteiger partial charge in [0.1, 0.15) is 11.5 Å². The van der Waals surface area contributed by atoms with Gasteiger partial charge >= 0.3 is 0 Å². The molecule has 0 radical (unpaired) electrons. The molecule has 0 saturated carbocycles. The number of piperidine rings is 1. The monoisotopic (exact) mass is 397 g/mol. The molecule has 2 heterocycles. The van der Waals surface area contributed by atoms with Crippen LogP contribution in [0.3, 0.4) is 0 Å². The molecule has 0 unspecified atom stereocenters. The van der Waals surface area contributed by atoms with Gasteiger partial charge in [0.25, 0.3) is 11.8 Å². The molecule has 1 aromatic heterocycles. The Morgan fingerprint density at radius 1 is 1.10 bits per heavy atom. The van der Waals surface area contributed by atoms with Crippen LogP contribution < -0.4 is 14.8 Å². The van der Waals surface area contributed by atoms with Crippen LogP contribution in [-0.2, 0) is 4.79 Å². The van der Waals surface area contributed by atoms with Gasteiger partial charge in [0.05, 0.1) is 12.2 Å². The van der Waals surface area contributed by atoms with E-state index in [9.17, 15) is 9.59 Å². The third kappa shape index (κ3) is 6.20. The first-order valence-corrected chi connectivity index (χ1v) is 9.97. The first kappa shape index (κ1) is 20.6. The molecule has 7 nitrogen and oxygen atoms in total. The van der Waals surface area contributed by atoms with Gasteiger partial charge in [-0.05, 0) is 62.1 Å². The molecule has 1 saturated heterocycles. The van der Waals surface area contributed by atoms with Crippen LogP contribution in [0.25, 0.3) is 0 Å². The van der Waals surface area contributed by atoms with Crippen LogP contribution in [0.2, 0.25) is 0 Å². The summed E-state index contributed by atoms with van der Waals surface area (Å²) in [7, 11) is 0. The van der Waals surface area contributed by atoms with E-state index in [1.165, 1.54) is 0 Å². The number of hydrogen-bond acceptors (Lipinski definition) is 5. The number of pyridine rings is 1. The van der Waals surface area contributed by atoms with Gasteiger partial charge in [0.15, 0.2) is 6.61 Å². The Morgan fingerprint density at radius 2 is 1.79 bits per heavy atom. The van der Waals surface area contributed by atoms with Gasteiger partial charge < -0.3 is 19.7 Å². The standard InChI is InChI=1S/C22H27N3O4/c1-2-28-19-5-7-20(8-6-19)29-16-21(26)24-14-17-9-12-25(13-10-17)22(27)18-4-3-11-23-15-18/h3-8,11,15,17H,2,9-10,12-14,16H2,1H3,(H,24,26). The van der Waals surface area contributed by atoms with Crippen LogP contribution in [0.4, 0.5) is 0 Å². The second-order valence-corrected chi connectivity index (χ2v) is 6.97. The number of amides is 2. The second-order valence-electron chi connectivity index (χ2n) is 6.97. The van der Waals surface area contributed by atoms with Crippen molar-refractivity contribution in [3.63, 3.8) is 0 Å². The van der Waals surface area contributed by atoms with Crippen LogP contribution in [0.1, 0.15) is 30.1 Å². The third-order valence-corrected chi connectivity index (χ3v) is 4.90. The van der Waals surface area contributed by atoms with E-state index >= 15 is 0 Å². The summed E-state index contributed by atoms with van der Waals surface area (Å²) in [6.45, 7) is 4.50. The molecule has 0 spiro atoms. The minimum Gasteiger partial charge on any atom is -0.494 e. The van der Waals surface area contributed by atoms with Gasteiger partial charge in [-0.3, -0.25) is 14.6 Å². The maximum absolute atomic E-state index is 12.4. The van der Waals surface area contributed by atoms with E-state index in [0.29, 0.717) is 43.5 Å². The van der Waals surface area contributed by atoms with Crippen LogP contribution in [0.15, 0.2) is 48.8 Å². The van der Waals surface area contributed by atoms with Crippen molar-refractivity contribution in [2.24, 2.45) is 5.92 Å². The Bertz CT molecular complexity index is 787. The molecule has 1 fully saturated rings. The number of likely N-dealkylation sites (tertiary alicyclic amines) is 1. The number of nitrogens with zero attached hydrogens (tertiary/aromatic N) is 2. The van der Waals surface area contributed by atoms with Gasteiger partial charge in [-0.15, -0.1) is 0 Å². The Hall–Kier alpha value is -3.09. The highest BCUT2D eigenvalue weighted by Gasteiger charge is 2.24. The zero-order chi connectivity index (χ0) is 20.5. The molecule has 3 rings (SSSR count). The highest BCUT2D eigenvalue weighted by atomic mass is 16.5. The molecule has 0 bridgehead atoms. The summed E-state index contributed by atoms with van der Waals surface area (Å²) in [6, 6.07) is 10.8. The molecule has 0 aliphatic carbocycles. The Morgan fingerprint density at radius 3 is 2.41 bits per heavy atom. The van der Waals surface area contributed by atoms with Gasteiger partial charge in [0.2, 0.25) is 0 Å². The summed E-state index contributed by atoms with van der Waals surface area (Å²) in [5.41, 5.74) is 0.616. The van der Waals surface area contributed by atoms with Crippen LogP contribution in [0.5, 0.6) is 11.5 Å². The van der Waals surface area contributed by atoms with Crippen molar-refractivity contribution in [1.29, 1.82) is 0 Å². The summed E-state index contributed by atoms with van der Waals surface area (Å²) in [4.78, 5) is 30.4. The van der Waals surface area contributed by atoms with Crippen LogP contribution in [-0.4, -0.2) is 54.5 Å². The fourth-order valence-corrected chi connectivity index (χ4v) is 3.27. The minimum atomic E-state index is -0.146. The van der Waals surface area contributed by atoms with Gasteiger partial charge in [0, 0.05) is 32.0 Å². The molecule has 7 heteroatoms. The molecule has 2 aromatic rings. The van der Waals surface area contributed by atoms with Crippen LogP contribution >= 0.6 is 0 Å². The van der Waals surface area contributed by atoms with E-state index < -0.39 is 0 Å². The molecule has 1 aliphatic rings. The number of ether oxygens (including phenoxy) is 2. The lowest BCUT2D eigenvalue weighted by molar-refractivity contribution is -0.123. The molecule has 1 aromatic carbocycles. The SMILES string of the molecule is CCOc1ccc(OCC(=O)NCC2CCN(C(=O)c3cccnc3)CC2)cc1. The number of carbonyl (C=O) groups is 2. The first-order chi connectivity index (χ1) is 14.2. The minimum absolute atomic E-state index is 0.0179. The highest BCUT2D eigenvalue weighted by Crippen LogP contribution is 2.19. The summed E-state index contributed by atoms with van der Waals surface area (Å²) < 4.78 is 10.9. The zero-order valence-corrected chi connectivity index (χ0v) is 16.7. The molecule has 29 heavy (non-hydrogen) atoms. The normalized spacial score (nSPS) is 14.3. The average Bonchev–Trinajstić information content (AvgIpc) is 2.78. The zero-order valence-electron chi connectivity index (χ0n) is 16.7. The van der Waals surface area contributed by atoms with E-state index in [1.807, 2.05) is 24.0 Å². The number of aromatic nitrogens is 1. The first-order valence-electron chi connectivity index (χ1n) is 9.97. The average molecular weight is 397 g/mol. The predicted octanol–water partition coefficient (Wildman–Crippen LogP) is 2.53. The quantitative estimate of drug-likeness (QED) is 0.740. The number of benzene rings is 1. The Labute approximate surface area is 171 Å². The van der Waals surface area contributed by atoms with E-state index in [1.54, 1.807) is 36.7 Å². The summed E-state index contributed by atoms with van der Waals surface area (Å²) in [5, 5.41) is 2.93. The molecular weight excluding hydrogens is 370 g/mol. The Kier molecular flexibility index (Phi) is 7.44.